The molecule has 0 spiro atoms. The van der Waals surface area contributed by atoms with Gasteiger partial charge in [0.15, 0.2) is 11.2 Å². The van der Waals surface area contributed by atoms with Crippen LogP contribution >= 0.6 is 11.6 Å². The minimum absolute atomic E-state index is 0.232. The number of benzene rings is 3. The van der Waals surface area contributed by atoms with Gasteiger partial charge in [-0.25, -0.2) is 19.3 Å². The van der Waals surface area contributed by atoms with Crippen molar-refractivity contribution in [2.45, 2.75) is 20.4 Å². The molecule has 0 aliphatic rings. The highest BCUT2D eigenvalue weighted by Gasteiger charge is 2.23. The Morgan fingerprint density at radius 2 is 1.43 bits per heavy atom. The average Bonchev–Trinajstić information content (AvgIpc) is 3.25. The number of nitrogens with two attached hydrogens (primary N) is 1. The van der Waals surface area contributed by atoms with Gasteiger partial charge < -0.3 is 5.73 Å². The minimum atomic E-state index is -0.349. The topological polar surface area (TPSA) is 101 Å². The van der Waals surface area contributed by atoms with Gasteiger partial charge in [-0.15, -0.1) is 0 Å². The number of rotatable bonds is 5. The highest BCUT2D eigenvalue weighted by Crippen LogP contribution is 2.28. The van der Waals surface area contributed by atoms with Crippen LogP contribution in [0, 0.1) is 6.92 Å². The summed E-state index contributed by atoms with van der Waals surface area (Å²) in [6.45, 7) is 4.06. The van der Waals surface area contributed by atoms with E-state index >= 15 is 0 Å². The molecule has 0 aliphatic carbocycles. The Bertz CT molecular complexity index is 1990. The minimum Gasteiger partial charge on any atom is -0.384 e. The molecule has 0 radical (unpaired) electrons. The summed E-state index contributed by atoms with van der Waals surface area (Å²) in [6, 6.07) is 27.6. The lowest BCUT2D eigenvalue weighted by Crippen LogP contribution is -2.26. The van der Waals surface area contributed by atoms with Crippen LogP contribution in [0.2, 0.25) is 5.02 Å². The number of hydrogen-bond donors (Lipinski definition) is 1. The largest absolute Gasteiger partial charge is 0.384 e. The van der Waals surface area contributed by atoms with E-state index in [1.807, 2.05) is 74.5 Å². The zero-order valence-electron chi connectivity index (χ0n) is 21.9. The second-order valence-electron chi connectivity index (χ2n) is 9.37. The second kappa shape index (κ2) is 9.98. The van der Waals surface area contributed by atoms with E-state index in [9.17, 15) is 9.59 Å². The summed E-state index contributed by atoms with van der Waals surface area (Å²) in [5.74, 6) is 0.863. The van der Waals surface area contributed by atoms with Crippen molar-refractivity contribution in [2.75, 3.05) is 5.73 Å². The number of nitrogens with zero attached hydrogens (tertiary/aromatic N) is 5. The van der Waals surface area contributed by atoms with E-state index in [-0.39, 0.29) is 16.8 Å². The third kappa shape index (κ3) is 4.19. The highest BCUT2D eigenvalue weighted by atomic mass is 35.5. The first kappa shape index (κ1) is 25.3. The number of hydrogen-bond acceptors (Lipinski definition) is 5. The lowest BCUT2D eigenvalue weighted by molar-refractivity contribution is 0.730. The molecule has 6 rings (SSSR count). The molecule has 8 nitrogen and oxygen atoms in total. The molecule has 3 aromatic carbocycles. The van der Waals surface area contributed by atoms with Crippen molar-refractivity contribution in [3.8, 4) is 33.9 Å². The van der Waals surface area contributed by atoms with Gasteiger partial charge in [-0.2, -0.15) is 0 Å². The maximum absolute atomic E-state index is 14.2. The van der Waals surface area contributed by atoms with Gasteiger partial charge in [-0.3, -0.25) is 13.9 Å². The quantitative estimate of drug-likeness (QED) is 0.301. The molecule has 9 heteroatoms. The zero-order valence-corrected chi connectivity index (χ0v) is 22.6. The van der Waals surface area contributed by atoms with Crippen LogP contribution in [0.4, 0.5) is 5.82 Å². The molecular weight excluding hydrogens is 524 g/mol. The maximum Gasteiger partial charge on any atom is 0.335 e. The number of para-hydroxylation sites is 1. The molecular formula is C31H25ClN6O2. The van der Waals surface area contributed by atoms with Crippen molar-refractivity contribution in [2.24, 2.45) is 0 Å². The number of imidazole rings is 1. The van der Waals surface area contributed by atoms with Crippen LogP contribution in [-0.2, 0) is 6.54 Å². The van der Waals surface area contributed by atoms with E-state index in [1.54, 1.807) is 30.3 Å². The molecule has 3 aromatic heterocycles. The lowest BCUT2D eigenvalue weighted by Gasteiger charge is -2.14. The molecule has 0 saturated heterocycles. The predicted octanol–water partition coefficient (Wildman–Crippen LogP) is 5.63. The van der Waals surface area contributed by atoms with Crippen molar-refractivity contribution in [3.05, 3.63) is 123 Å². The maximum atomic E-state index is 14.2. The van der Waals surface area contributed by atoms with Gasteiger partial charge in [0.05, 0.1) is 11.4 Å². The number of aryl methyl sites for hydroxylation is 2. The summed E-state index contributed by atoms with van der Waals surface area (Å²) >= 11 is 6.16. The molecule has 3 heterocycles. The summed E-state index contributed by atoms with van der Waals surface area (Å²) in [5, 5.41) is 0.546. The molecule has 0 aliphatic heterocycles. The molecule has 0 atom stereocenters. The van der Waals surface area contributed by atoms with Crippen molar-refractivity contribution in [1.82, 2.24) is 23.7 Å². The van der Waals surface area contributed by atoms with E-state index in [0.717, 1.165) is 16.8 Å². The Labute approximate surface area is 234 Å². The van der Waals surface area contributed by atoms with Gasteiger partial charge in [-0.1, -0.05) is 54.1 Å². The fourth-order valence-corrected chi connectivity index (χ4v) is 5.14. The molecule has 6 aromatic rings. The number of halogens is 1. The Morgan fingerprint density at radius 1 is 0.775 bits per heavy atom. The van der Waals surface area contributed by atoms with Crippen LogP contribution in [0.3, 0.4) is 0 Å². The fraction of sp³-hybridized carbons (Fsp3) is 0.0968. The van der Waals surface area contributed by atoms with Crippen molar-refractivity contribution < 1.29 is 0 Å². The number of fused-ring (bicyclic) bond motifs is 1. The van der Waals surface area contributed by atoms with Gasteiger partial charge in [-0.05, 0) is 67.9 Å². The second-order valence-corrected chi connectivity index (χ2v) is 9.81. The van der Waals surface area contributed by atoms with E-state index in [4.69, 9.17) is 22.3 Å². The summed E-state index contributed by atoms with van der Waals surface area (Å²) in [4.78, 5) is 37.2. The fourth-order valence-electron chi connectivity index (χ4n) is 5.01. The van der Waals surface area contributed by atoms with E-state index in [2.05, 4.69) is 4.98 Å². The van der Waals surface area contributed by atoms with Gasteiger partial charge in [0.2, 0.25) is 0 Å². The molecule has 0 unspecified atom stereocenters. The number of pyridine rings is 1. The normalized spacial score (nSPS) is 11.3. The molecule has 40 heavy (non-hydrogen) atoms. The van der Waals surface area contributed by atoms with Crippen LogP contribution in [0.15, 0.2) is 101 Å². The first-order valence-corrected chi connectivity index (χ1v) is 13.2. The Balaban J connectivity index is 1.65. The monoisotopic (exact) mass is 548 g/mol. The van der Waals surface area contributed by atoms with Crippen molar-refractivity contribution >= 4 is 28.6 Å². The molecule has 0 fully saturated rings. The summed E-state index contributed by atoms with van der Waals surface area (Å²) in [5.41, 5.74) is 10.3. The molecule has 0 saturated carbocycles. The number of anilines is 1. The Kier molecular flexibility index (Phi) is 6.32. The van der Waals surface area contributed by atoms with Gasteiger partial charge in [0.1, 0.15) is 11.6 Å². The van der Waals surface area contributed by atoms with Gasteiger partial charge in [0.25, 0.3) is 5.56 Å². The Hall–Kier alpha value is -4.95. The van der Waals surface area contributed by atoms with Crippen molar-refractivity contribution in [1.29, 1.82) is 0 Å². The Morgan fingerprint density at radius 3 is 2.08 bits per heavy atom. The summed E-state index contributed by atoms with van der Waals surface area (Å²) < 4.78 is 4.49. The van der Waals surface area contributed by atoms with Crippen molar-refractivity contribution in [3.63, 3.8) is 0 Å². The van der Waals surface area contributed by atoms with Crippen LogP contribution in [0.1, 0.15) is 12.6 Å². The highest BCUT2D eigenvalue weighted by molar-refractivity contribution is 6.30. The first-order valence-electron chi connectivity index (χ1n) is 12.8. The lowest BCUT2D eigenvalue weighted by atomic mass is 10.0. The van der Waals surface area contributed by atoms with Gasteiger partial charge in [0, 0.05) is 28.4 Å². The first-order chi connectivity index (χ1) is 19.4. The summed E-state index contributed by atoms with van der Waals surface area (Å²) in [7, 11) is 0. The standard InChI is InChI=1S/C31H25ClN6O2/c1-3-36-27-29(38(31(36)40)23-7-5-4-6-8-23)35-28(37(30(27)39)24-15-13-22(32)14-16-24)21-11-9-20(10-12-21)25-17-18-26(33)34-19(25)2/h4-18H,3H2,1-2H3,(H2,33,34). The summed E-state index contributed by atoms with van der Waals surface area (Å²) in [6.07, 6.45) is 0. The van der Waals surface area contributed by atoms with E-state index in [1.165, 1.54) is 13.7 Å². The third-order valence-electron chi connectivity index (χ3n) is 6.92. The van der Waals surface area contributed by atoms with Crippen LogP contribution in [0.25, 0.3) is 45.1 Å². The predicted molar refractivity (Wildman–Crippen MR) is 159 cm³/mol. The van der Waals surface area contributed by atoms with Crippen LogP contribution in [-0.4, -0.2) is 23.7 Å². The SMILES string of the molecule is CCn1c(=O)n(-c2ccccc2)c2nc(-c3ccc(-c4ccc(N)nc4C)cc3)n(-c3ccc(Cl)cc3)c(=O)c21. The zero-order chi connectivity index (χ0) is 28.0. The van der Waals surface area contributed by atoms with E-state index < -0.39 is 0 Å². The molecule has 198 valence electrons. The van der Waals surface area contributed by atoms with E-state index in [0.29, 0.717) is 45.8 Å². The van der Waals surface area contributed by atoms with Gasteiger partial charge >= 0.3 is 5.69 Å². The average molecular weight is 549 g/mol. The number of nitrogen functional groups attached to an aromatic ring is 1. The van der Waals surface area contributed by atoms with Crippen LogP contribution < -0.4 is 17.0 Å². The van der Waals surface area contributed by atoms with Crippen LogP contribution in [0.5, 0.6) is 0 Å². The smallest absolute Gasteiger partial charge is 0.335 e. The third-order valence-corrected chi connectivity index (χ3v) is 7.17. The molecule has 2 N–H and O–H groups in total. The molecule has 0 amide bonds. The number of aromatic nitrogens is 5. The molecule has 0 bridgehead atoms.